The highest BCUT2D eigenvalue weighted by molar-refractivity contribution is 5.76. The zero-order valence-corrected chi connectivity index (χ0v) is 7.23. The molecule has 0 saturated heterocycles. The summed E-state index contributed by atoms with van der Waals surface area (Å²) in [5.74, 6) is -0.676. The van der Waals surface area contributed by atoms with Crippen molar-refractivity contribution in [1.29, 1.82) is 0 Å². The van der Waals surface area contributed by atoms with Gasteiger partial charge in [0.05, 0.1) is 7.11 Å². The van der Waals surface area contributed by atoms with Gasteiger partial charge in [0, 0.05) is 5.69 Å². The molecule has 1 aromatic carbocycles. The fraction of sp³-hybridized carbons (Fsp3) is 0.222. The molecule has 0 aliphatic heterocycles. The molecule has 0 aliphatic rings. The minimum absolute atomic E-state index is 0.473. The van der Waals surface area contributed by atoms with Gasteiger partial charge in [-0.1, -0.05) is 12.1 Å². The van der Waals surface area contributed by atoms with Crippen LogP contribution in [0.25, 0.3) is 0 Å². The van der Waals surface area contributed by atoms with Crippen LogP contribution < -0.4 is 5.73 Å². The van der Waals surface area contributed by atoms with Gasteiger partial charge in [0.15, 0.2) is 6.10 Å². The fourth-order valence-electron chi connectivity index (χ4n) is 0.926. The van der Waals surface area contributed by atoms with Crippen LogP contribution in [0.1, 0.15) is 11.7 Å². The molecular formula is C9H11NO3. The third-order valence-corrected chi connectivity index (χ3v) is 1.68. The molecule has 1 rings (SSSR count). The molecule has 0 saturated carbocycles. The summed E-state index contributed by atoms with van der Waals surface area (Å²) in [7, 11) is 1.23. The molecule has 0 aromatic heterocycles. The average Bonchev–Trinajstić information content (AvgIpc) is 2.17. The van der Waals surface area contributed by atoms with Gasteiger partial charge in [-0.05, 0) is 17.7 Å². The first-order chi connectivity index (χ1) is 6.15. The Kier molecular flexibility index (Phi) is 2.87. The second-order valence-corrected chi connectivity index (χ2v) is 2.59. The van der Waals surface area contributed by atoms with Crippen LogP contribution in [-0.2, 0) is 9.53 Å². The van der Waals surface area contributed by atoms with E-state index in [-0.39, 0.29) is 0 Å². The van der Waals surface area contributed by atoms with Gasteiger partial charge in [-0.2, -0.15) is 0 Å². The van der Waals surface area contributed by atoms with E-state index in [4.69, 9.17) is 5.73 Å². The van der Waals surface area contributed by atoms with Crippen molar-refractivity contribution in [3.63, 3.8) is 0 Å². The van der Waals surface area contributed by atoms with Gasteiger partial charge in [-0.15, -0.1) is 0 Å². The topological polar surface area (TPSA) is 72.5 Å². The zero-order valence-electron chi connectivity index (χ0n) is 7.23. The van der Waals surface area contributed by atoms with E-state index >= 15 is 0 Å². The van der Waals surface area contributed by atoms with Gasteiger partial charge in [0.2, 0.25) is 0 Å². The number of rotatable bonds is 2. The van der Waals surface area contributed by atoms with E-state index in [0.29, 0.717) is 11.3 Å². The Morgan fingerprint density at radius 3 is 2.46 bits per heavy atom. The Morgan fingerprint density at radius 2 is 2.00 bits per heavy atom. The Morgan fingerprint density at radius 1 is 1.46 bits per heavy atom. The van der Waals surface area contributed by atoms with E-state index in [1.165, 1.54) is 7.11 Å². The second-order valence-electron chi connectivity index (χ2n) is 2.59. The predicted octanol–water partition coefficient (Wildman–Crippen LogP) is 0.475. The number of aliphatic hydroxyl groups excluding tert-OH is 1. The molecule has 1 atom stereocenters. The molecule has 0 aliphatic carbocycles. The van der Waals surface area contributed by atoms with Crippen LogP contribution in [0.15, 0.2) is 24.3 Å². The lowest BCUT2D eigenvalue weighted by Crippen LogP contribution is -2.13. The normalized spacial score (nSPS) is 12.2. The Balaban J connectivity index is 2.83. The number of nitrogen functional groups attached to an aromatic ring is 1. The first kappa shape index (κ1) is 9.54. The van der Waals surface area contributed by atoms with Crippen molar-refractivity contribution < 1.29 is 14.6 Å². The third-order valence-electron chi connectivity index (χ3n) is 1.68. The van der Waals surface area contributed by atoms with Gasteiger partial charge in [0.25, 0.3) is 0 Å². The summed E-state index contributed by atoms with van der Waals surface area (Å²) in [6.07, 6.45) is -1.23. The monoisotopic (exact) mass is 181 g/mol. The minimum atomic E-state index is -1.23. The maximum atomic E-state index is 10.9. The van der Waals surface area contributed by atoms with Crippen LogP contribution >= 0.6 is 0 Å². The van der Waals surface area contributed by atoms with Crippen molar-refractivity contribution in [3.8, 4) is 0 Å². The molecule has 0 fully saturated rings. The van der Waals surface area contributed by atoms with Crippen molar-refractivity contribution in [3.05, 3.63) is 29.8 Å². The number of ether oxygens (including phenoxy) is 1. The molecule has 4 nitrogen and oxygen atoms in total. The van der Waals surface area contributed by atoms with Crippen LogP contribution in [0.5, 0.6) is 0 Å². The lowest BCUT2D eigenvalue weighted by molar-refractivity contribution is -0.150. The number of benzene rings is 1. The molecule has 70 valence electrons. The van der Waals surface area contributed by atoms with E-state index in [2.05, 4.69) is 4.74 Å². The first-order valence-corrected chi connectivity index (χ1v) is 3.76. The molecule has 0 radical (unpaired) electrons. The summed E-state index contributed by atoms with van der Waals surface area (Å²) in [6, 6.07) is 6.39. The first-order valence-electron chi connectivity index (χ1n) is 3.76. The molecule has 1 aromatic rings. The Hall–Kier alpha value is -1.55. The van der Waals surface area contributed by atoms with Crippen molar-refractivity contribution >= 4 is 11.7 Å². The highest BCUT2D eigenvalue weighted by atomic mass is 16.5. The predicted molar refractivity (Wildman–Crippen MR) is 47.8 cm³/mol. The summed E-state index contributed by atoms with van der Waals surface area (Å²) < 4.78 is 4.38. The largest absolute Gasteiger partial charge is 0.467 e. The zero-order chi connectivity index (χ0) is 9.84. The molecule has 0 unspecified atom stereocenters. The SMILES string of the molecule is COC(=O)[C@@H](O)c1ccc(N)cc1. The number of aliphatic hydroxyl groups is 1. The van der Waals surface area contributed by atoms with Crippen LogP contribution in [0.2, 0.25) is 0 Å². The van der Waals surface area contributed by atoms with Crippen molar-refractivity contribution in [1.82, 2.24) is 0 Å². The number of nitrogens with two attached hydrogens (primary N) is 1. The summed E-state index contributed by atoms with van der Waals surface area (Å²) in [5, 5.41) is 9.36. The van der Waals surface area contributed by atoms with E-state index in [1.807, 2.05) is 0 Å². The highest BCUT2D eigenvalue weighted by Crippen LogP contribution is 2.15. The number of carbonyl (C=O) groups is 1. The summed E-state index contributed by atoms with van der Waals surface area (Å²) in [5.41, 5.74) is 6.49. The number of anilines is 1. The summed E-state index contributed by atoms with van der Waals surface area (Å²) >= 11 is 0. The van der Waals surface area contributed by atoms with Gasteiger partial charge in [-0.3, -0.25) is 0 Å². The fourth-order valence-corrected chi connectivity index (χ4v) is 0.926. The Labute approximate surface area is 75.9 Å². The van der Waals surface area contributed by atoms with E-state index < -0.39 is 12.1 Å². The van der Waals surface area contributed by atoms with Crippen LogP contribution in [0, 0.1) is 0 Å². The maximum Gasteiger partial charge on any atom is 0.339 e. The van der Waals surface area contributed by atoms with Crippen LogP contribution in [-0.4, -0.2) is 18.2 Å². The number of methoxy groups -OCH3 is 1. The Bertz CT molecular complexity index is 294. The molecule has 13 heavy (non-hydrogen) atoms. The lowest BCUT2D eigenvalue weighted by Gasteiger charge is -2.07. The van der Waals surface area contributed by atoms with Gasteiger partial charge < -0.3 is 15.6 Å². The van der Waals surface area contributed by atoms with Gasteiger partial charge in [0.1, 0.15) is 0 Å². The number of hydrogen-bond acceptors (Lipinski definition) is 4. The standard InChI is InChI=1S/C9H11NO3/c1-13-9(12)8(11)6-2-4-7(10)5-3-6/h2-5,8,11H,10H2,1H3/t8-/m0/s1. The number of hydrogen-bond donors (Lipinski definition) is 2. The average molecular weight is 181 g/mol. The van der Waals surface area contributed by atoms with Gasteiger partial charge >= 0.3 is 5.97 Å². The quantitative estimate of drug-likeness (QED) is 0.514. The number of carbonyl (C=O) groups excluding carboxylic acids is 1. The smallest absolute Gasteiger partial charge is 0.339 e. The van der Waals surface area contributed by atoms with Crippen molar-refractivity contribution in [2.75, 3.05) is 12.8 Å². The number of esters is 1. The minimum Gasteiger partial charge on any atom is -0.467 e. The summed E-state index contributed by atoms with van der Waals surface area (Å²) in [6.45, 7) is 0. The van der Waals surface area contributed by atoms with Crippen molar-refractivity contribution in [2.45, 2.75) is 6.10 Å². The third kappa shape index (κ3) is 2.19. The highest BCUT2D eigenvalue weighted by Gasteiger charge is 2.16. The second kappa shape index (κ2) is 3.91. The molecule has 0 amide bonds. The molecule has 3 N–H and O–H groups in total. The molecular weight excluding hydrogens is 170 g/mol. The van der Waals surface area contributed by atoms with E-state index in [9.17, 15) is 9.90 Å². The molecule has 4 heteroatoms. The van der Waals surface area contributed by atoms with E-state index in [0.717, 1.165) is 0 Å². The van der Waals surface area contributed by atoms with Gasteiger partial charge in [-0.25, -0.2) is 4.79 Å². The molecule has 0 spiro atoms. The van der Waals surface area contributed by atoms with Crippen molar-refractivity contribution in [2.24, 2.45) is 0 Å². The van der Waals surface area contributed by atoms with E-state index in [1.54, 1.807) is 24.3 Å². The lowest BCUT2D eigenvalue weighted by atomic mass is 10.1. The maximum absolute atomic E-state index is 10.9. The summed E-state index contributed by atoms with van der Waals surface area (Å²) in [4.78, 5) is 10.9. The molecule has 0 heterocycles. The molecule has 0 bridgehead atoms. The van der Waals surface area contributed by atoms with Crippen LogP contribution in [0.4, 0.5) is 5.69 Å². The van der Waals surface area contributed by atoms with Crippen LogP contribution in [0.3, 0.4) is 0 Å².